The number of hydrogen-bond donors (Lipinski definition) is 1. The maximum absolute atomic E-state index is 12.6. The summed E-state index contributed by atoms with van der Waals surface area (Å²) in [5.74, 6) is 0.535. The Labute approximate surface area is 136 Å². The minimum absolute atomic E-state index is 0.0991. The second kappa shape index (κ2) is 6.63. The fourth-order valence-corrected chi connectivity index (χ4v) is 3.72. The van der Waals surface area contributed by atoms with E-state index in [4.69, 9.17) is 0 Å². The van der Waals surface area contributed by atoms with E-state index in [1.807, 2.05) is 21.0 Å². The first kappa shape index (κ1) is 17.4. The Kier molecular flexibility index (Phi) is 5.00. The molecule has 0 unspecified atom stereocenters. The highest BCUT2D eigenvalue weighted by Gasteiger charge is 2.24. The van der Waals surface area contributed by atoms with E-state index in [1.165, 1.54) is 0 Å². The molecule has 2 heterocycles. The van der Waals surface area contributed by atoms with Crippen molar-refractivity contribution in [2.75, 3.05) is 19.0 Å². The maximum Gasteiger partial charge on any atom is 0.244 e. The SMILES string of the molecule is CCn1nc(C)c(S(=O)(=O)NCc2ccnc(N(C)C)n2)c1C. The fraction of sp³-hybridized carbons (Fsp3) is 0.500. The molecule has 9 heteroatoms. The zero-order chi connectivity index (χ0) is 17.2. The maximum atomic E-state index is 12.6. The van der Waals surface area contributed by atoms with E-state index in [0.29, 0.717) is 29.6 Å². The van der Waals surface area contributed by atoms with Crippen LogP contribution < -0.4 is 9.62 Å². The van der Waals surface area contributed by atoms with E-state index in [1.54, 1.807) is 35.7 Å². The Morgan fingerprint density at radius 1 is 1.30 bits per heavy atom. The number of hydrogen-bond acceptors (Lipinski definition) is 6. The molecule has 0 aliphatic rings. The Morgan fingerprint density at radius 3 is 2.57 bits per heavy atom. The van der Waals surface area contributed by atoms with Gasteiger partial charge in [0.1, 0.15) is 4.90 Å². The lowest BCUT2D eigenvalue weighted by Crippen LogP contribution is -2.25. The minimum atomic E-state index is -3.65. The standard InChI is InChI=1S/C14H22N6O2S/c1-6-20-11(3)13(10(2)18-20)23(21,22)16-9-12-7-8-15-14(17-12)19(4)5/h7-8,16H,6,9H2,1-5H3. The highest BCUT2D eigenvalue weighted by atomic mass is 32.2. The van der Waals surface area contributed by atoms with Gasteiger partial charge in [-0.3, -0.25) is 4.68 Å². The molecule has 23 heavy (non-hydrogen) atoms. The Morgan fingerprint density at radius 2 is 2.00 bits per heavy atom. The summed E-state index contributed by atoms with van der Waals surface area (Å²) in [6.45, 7) is 6.10. The van der Waals surface area contributed by atoms with E-state index in [0.717, 1.165) is 0 Å². The molecule has 2 rings (SSSR count). The lowest BCUT2D eigenvalue weighted by Gasteiger charge is -2.11. The molecule has 0 aliphatic carbocycles. The first-order valence-electron chi connectivity index (χ1n) is 7.29. The summed E-state index contributed by atoms with van der Waals surface area (Å²) in [7, 11) is 0.00751. The Balaban J connectivity index is 2.23. The second-order valence-electron chi connectivity index (χ2n) is 5.38. The molecule has 0 aromatic carbocycles. The van der Waals surface area contributed by atoms with Gasteiger partial charge in [-0.15, -0.1) is 0 Å². The van der Waals surface area contributed by atoms with Gasteiger partial charge in [-0.2, -0.15) is 5.10 Å². The van der Waals surface area contributed by atoms with Gasteiger partial charge in [0.15, 0.2) is 0 Å². The van der Waals surface area contributed by atoms with E-state index < -0.39 is 10.0 Å². The first-order chi connectivity index (χ1) is 10.8. The molecule has 0 bridgehead atoms. The zero-order valence-electron chi connectivity index (χ0n) is 14.0. The van der Waals surface area contributed by atoms with Crippen LogP contribution in [0.3, 0.4) is 0 Å². The minimum Gasteiger partial charge on any atom is -0.347 e. The highest BCUT2D eigenvalue weighted by Crippen LogP contribution is 2.19. The van der Waals surface area contributed by atoms with Gasteiger partial charge >= 0.3 is 0 Å². The smallest absolute Gasteiger partial charge is 0.244 e. The summed E-state index contributed by atoms with van der Waals surface area (Å²) in [4.78, 5) is 10.4. The second-order valence-corrected chi connectivity index (χ2v) is 7.09. The molecular formula is C14H22N6O2S. The van der Waals surface area contributed by atoms with Crippen LogP contribution in [0.15, 0.2) is 17.2 Å². The van der Waals surface area contributed by atoms with Gasteiger partial charge in [0.25, 0.3) is 0 Å². The van der Waals surface area contributed by atoms with Crippen molar-refractivity contribution >= 4 is 16.0 Å². The van der Waals surface area contributed by atoms with Crippen molar-refractivity contribution < 1.29 is 8.42 Å². The van der Waals surface area contributed by atoms with Crippen LogP contribution in [0, 0.1) is 13.8 Å². The van der Waals surface area contributed by atoms with Crippen LogP contribution in [0.5, 0.6) is 0 Å². The van der Waals surface area contributed by atoms with Crippen molar-refractivity contribution in [1.29, 1.82) is 0 Å². The molecule has 0 spiro atoms. The Hall–Kier alpha value is -2.00. The van der Waals surface area contributed by atoms with Crippen molar-refractivity contribution in [3.05, 3.63) is 29.3 Å². The molecule has 126 valence electrons. The average Bonchev–Trinajstić information content (AvgIpc) is 2.80. The summed E-state index contributed by atoms with van der Waals surface area (Å²) < 4.78 is 29.4. The molecule has 2 aromatic heterocycles. The van der Waals surface area contributed by atoms with Crippen LogP contribution in [0.2, 0.25) is 0 Å². The van der Waals surface area contributed by atoms with Crippen LogP contribution >= 0.6 is 0 Å². The molecule has 2 aromatic rings. The van der Waals surface area contributed by atoms with Crippen molar-refractivity contribution in [2.45, 2.75) is 38.8 Å². The summed E-state index contributed by atoms with van der Waals surface area (Å²) in [5.41, 5.74) is 1.73. The van der Waals surface area contributed by atoms with Crippen molar-refractivity contribution in [2.24, 2.45) is 0 Å². The zero-order valence-corrected chi connectivity index (χ0v) is 14.8. The van der Waals surface area contributed by atoms with Gasteiger partial charge in [0.05, 0.1) is 23.6 Å². The number of nitrogens with one attached hydrogen (secondary N) is 1. The van der Waals surface area contributed by atoms with Gasteiger partial charge in [-0.25, -0.2) is 23.1 Å². The van der Waals surface area contributed by atoms with Gasteiger partial charge in [0, 0.05) is 26.8 Å². The van der Waals surface area contributed by atoms with Crippen molar-refractivity contribution in [3.8, 4) is 0 Å². The number of anilines is 1. The van der Waals surface area contributed by atoms with Gasteiger partial charge in [-0.05, 0) is 26.8 Å². The van der Waals surface area contributed by atoms with Crippen LogP contribution in [0.1, 0.15) is 24.0 Å². The molecular weight excluding hydrogens is 316 g/mol. The number of rotatable bonds is 6. The number of nitrogens with zero attached hydrogens (tertiary/aromatic N) is 5. The van der Waals surface area contributed by atoms with Crippen molar-refractivity contribution in [1.82, 2.24) is 24.5 Å². The van der Waals surface area contributed by atoms with E-state index in [-0.39, 0.29) is 11.4 Å². The summed E-state index contributed by atoms with van der Waals surface area (Å²) in [5, 5.41) is 4.25. The Bertz CT molecular complexity index is 798. The molecule has 0 saturated carbocycles. The van der Waals surface area contributed by atoms with Crippen LogP contribution in [-0.2, 0) is 23.1 Å². The summed E-state index contributed by atoms with van der Waals surface area (Å²) in [6, 6.07) is 1.69. The van der Waals surface area contributed by atoms with Crippen LogP contribution in [0.25, 0.3) is 0 Å². The topological polar surface area (TPSA) is 93.0 Å². The third-order valence-corrected chi connectivity index (χ3v) is 5.08. The fourth-order valence-electron chi connectivity index (χ4n) is 2.32. The third-order valence-electron chi connectivity index (χ3n) is 3.43. The van der Waals surface area contributed by atoms with E-state index in [2.05, 4.69) is 19.8 Å². The molecule has 0 aliphatic heterocycles. The average molecular weight is 338 g/mol. The van der Waals surface area contributed by atoms with E-state index >= 15 is 0 Å². The molecule has 0 amide bonds. The van der Waals surface area contributed by atoms with E-state index in [9.17, 15) is 8.42 Å². The quantitative estimate of drug-likeness (QED) is 0.839. The normalized spacial score (nSPS) is 11.7. The predicted molar refractivity (Wildman–Crippen MR) is 87.8 cm³/mol. The van der Waals surface area contributed by atoms with Gasteiger partial charge in [-0.1, -0.05) is 0 Å². The largest absolute Gasteiger partial charge is 0.347 e. The van der Waals surface area contributed by atoms with Crippen LogP contribution in [0.4, 0.5) is 5.95 Å². The third kappa shape index (κ3) is 3.67. The molecule has 0 saturated heterocycles. The van der Waals surface area contributed by atoms with Gasteiger partial charge in [0.2, 0.25) is 16.0 Å². The monoisotopic (exact) mass is 338 g/mol. The number of aryl methyl sites for hydroxylation is 2. The van der Waals surface area contributed by atoms with Crippen molar-refractivity contribution in [3.63, 3.8) is 0 Å². The van der Waals surface area contributed by atoms with Gasteiger partial charge < -0.3 is 4.90 Å². The molecule has 0 fully saturated rings. The molecule has 0 radical (unpaired) electrons. The summed E-state index contributed by atoms with van der Waals surface area (Å²) in [6.07, 6.45) is 1.61. The molecule has 8 nitrogen and oxygen atoms in total. The lowest BCUT2D eigenvalue weighted by atomic mass is 10.4. The lowest BCUT2D eigenvalue weighted by molar-refractivity contribution is 0.578. The number of sulfonamides is 1. The molecule has 0 atom stereocenters. The van der Waals surface area contributed by atoms with Crippen LogP contribution in [-0.4, -0.2) is 42.3 Å². The molecule has 1 N–H and O–H groups in total. The highest BCUT2D eigenvalue weighted by molar-refractivity contribution is 7.89. The predicted octanol–water partition coefficient (Wildman–Crippen LogP) is 0.854. The number of aromatic nitrogens is 4. The summed E-state index contributed by atoms with van der Waals surface area (Å²) >= 11 is 0. The first-order valence-corrected chi connectivity index (χ1v) is 8.77.